The summed E-state index contributed by atoms with van der Waals surface area (Å²) in [6.45, 7) is 0.507. The topological polar surface area (TPSA) is 99.2 Å². The third-order valence-corrected chi connectivity index (χ3v) is 3.91. The molecule has 1 fully saturated rings. The van der Waals surface area contributed by atoms with Gasteiger partial charge in [0.05, 0.1) is 0 Å². The van der Waals surface area contributed by atoms with Gasteiger partial charge in [-0.25, -0.2) is 4.98 Å². The lowest BCUT2D eigenvalue weighted by Crippen LogP contribution is -2.40. The number of benzene rings is 1. The van der Waals surface area contributed by atoms with Gasteiger partial charge < -0.3 is 10.0 Å². The first kappa shape index (κ1) is 13.3. The first-order valence-corrected chi connectivity index (χ1v) is 6.57. The molecule has 0 aliphatic carbocycles. The maximum absolute atomic E-state index is 12.2. The van der Waals surface area contributed by atoms with Crippen molar-refractivity contribution in [2.24, 2.45) is 0 Å². The zero-order valence-electron chi connectivity index (χ0n) is 11.2. The summed E-state index contributed by atoms with van der Waals surface area (Å²) in [5.74, 6) is -1.11. The monoisotopic (exact) mass is 286 g/mol. The number of rotatable bonds is 3. The maximum Gasteiger partial charge on any atom is 0.316 e. The van der Waals surface area contributed by atoms with Crippen LogP contribution in [-0.2, 0) is 10.2 Å². The Hall–Kier alpha value is -2.70. The highest BCUT2D eigenvalue weighted by Gasteiger charge is 2.48. The van der Waals surface area contributed by atoms with Crippen LogP contribution in [0, 0.1) is 0 Å². The highest BCUT2D eigenvalue weighted by Crippen LogP contribution is 2.35. The molecular weight excluding hydrogens is 272 g/mol. The van der Waals surface area contributed by atoms with E-state index in [4.69, 9.17) is 0 Å². The van der Waals surface area contributed by atoms with Crippen molar-refractivity contribution in [3.63, 3.8) is 0 Å². The Balaban J connectivity index is 1.89. The highest BCUT2D eigenvalue weighted by molar-refractivity contribution is 5.92. The average molecular weight is 286 g/mol. The van der Waals surface area contributed by atoms with E-state index in [1.54, 1.807) is 24.3 Å². The molecule has 1 amide bonds. The number of carbonyl (C=O) groups excluding carboxylic acids is 1. The predicted molar refractivity (Wildman–Crippen MR) is 72.7 cm³/mol. The van der Waals surface area contributed by atoms with Gasteiger partial charge in [0.2, 0.25) is 5.82 Å². The van der Waals surface area contributed by atoms with Gasteiger partial charge in [0.15, 0.2) is 0 Å². The molecule has 1 aliphatic rings. The predicted octanol–water partition coefficient (Wildman–Crippen LogP) is 0.673. The summed E-state index contributed by atoms with van der Waals surface area (Å²) in [6.07, 6.45) is 1.64. The second-order valence-corrected chi connectivity index (χ2v) is 5.06. The van der Waals surface area contributed by atoms with Crippen LogP contribution in [0.5, 0.6) is 0 Å². The maximum atomic E-state index is 12.2. The summed E-state index contributed by atoms with van der Waals surface area (Å²) in [6, 6.07) is 9.03. The SMILES string of the molecule is O=C(c1ncn[nH]1)N1CC[C@](C(=O)O)(c2ccccc2)C1. The number of likely N-dealkylation sites (tertiary alicyclic amines) is 1. The van der Waals surface area contributed by atoms with E-state index in [1.165, 1.54) is 11.2 Å². The smallest absolute Gasteiger partial charge is 0.316 e. The summed E-state index contributed by atoms with van der Waals surface area (Å²) < 4.78 is 0. The molecule has 2 aromatic rings. The van der Waals surface area contributed by atoms with Crippen LogP contribution in [0.15, 0.2) is 36.7 Å². The van der Waals surface area contributed by atoms with Crippen molar-refractivity contribution in [3.05, 3.63) is 48.0 Å². The minimum atomic E-state index is -1.06. The van der Waals surface area contributed by atoms with Gasteiger partial charge >= 0.3 is 5.97 Å². The molecule has 0 radical (unpaired) electrons. The van der Waals surface area contributed by atoms with Crippen molar-refractivity contribution < 1.29 is 14.7 Å². The number of hydrogen-bond acceptors (Lipinski definition) is 4. The third-order valence-electron chi connectivity index (χ3n) is 3.91. The Labute approximate surface area is 120 Å². The Bertz CT molecular complexity index is 656. The number of amides is 1. The summed E-state index contributed by atoms with van der Waals surface area (Å²) in [5.41, 5.74) is -0.345. The van der Waals surface area contributed by atoms with Crippen LogP contribution in [0.4, 0.5) is 0 Å². The van der Waals surface area contributed by atoms with E-state index in [9.17, 15) is 14.7 Å². The van der Waals surface area contributed by atoms with Crippen LogP contribution >= 0.6 is 0 Å². The van der Waals surface area contributed by atoms with Gasteiger partial charge in [0.1, 0.15) is 11.7 Å². The van der Waals surface area contributed by atoms with Crippen LogP contribution in [0.1, 0.15) is 22.6 Å². The third kappa shape index (κ3) is 2.16. The second-order valence-electron chi connectivity index (χ2n) is 5.06. The van der Waals surface area contributed by atoms with E-state index in [0.29, 0.717) is 18.5 Å². The van der Waals surface area contributed by atoms with E-state index in [2.05, 4.69) is 15.2 Å². The molecule has 2 heterocycles. The standard InChI is InChI=1S/C14H14N4O3/c19-12(11-15-9-16-17-11)18-7-6-14(8-18,13(20)21)10-4-2-1-3-5-10/h1-5,9H,6-8H2,(H,20,21)(H,15,16,17)/t14-/m1/s1. The zero-order valence-corrected chi connectivity index (χ0v) is 11.2. The molecule has 1 atom stereocenters. The van der Waals surface area contributed by atoms with Crippen molar-refractivity contribution in [1.29, 1.82) is 0 Å². The largest absolute Gasteiger partial charge is 0.481 e. The Morgan fingerprint density at radius 1 is 1.29 bits per heavy atom. The summed E-state index contributed by atoms with van der Waals surface area (Å²) in [4.78, 5) is 29.4. The number of H-pyrrole nitrogens is 1. The van der Waals surface area contributed by atoms with E-state index in [-0.39, 0.29) is 18.3 Å². The summed E-state index contributed by atoms with van der Waals surface area (Å²) in [7, 11) is 0. The number of nitrogens with zero attached hydrogens (tertiary/aromatic N) is 3. The van der Waals surface area contributed by atoms with Crippen molar-refractivity contribution >= 4 is 11.9 Å². The Kier molecular flexibility index (Phi) is 3.17. The van der Waals surface area contributed by atoms with Crippen LogP contribution in [0.2, 0.25) is 0 Å². The number of aliphatic carboxylic acids is 1. The molecule has 7 nitrogen and oxygen atoms in total. The van der Waals surface area contributed by atoms with E-state index in [1.807, 2.05) is 6.07 Å². The molecule has 0 unspecified atom stereocenters. The van der Waals surface area contributed by atoms with Gasteiger partial charge in [-0.3, -0.25) is 14.7 Å². The number of aromatic nitrogens is 3. The molecule has 108 valence electrons. The number of hydrogen-bond donors (Lipinski definition) is 2. The lowest BCUT2D eigenvalue weighted by atomic mass is 9.80. The molecule has 7 heteroatoms. The van der Waals surface area contributed by atoms with E-state index >= 15 is 0 Å². The fourth-order valence-electron chi connectivity index (χ4n) is 2.73. The fourth-order valence-corrected chi connectivity index (χ4v) is 2.73. The molecule has 0 spiro atoms. The molecule has 2 N–H and O–H groups in total. The van der Waals surface area contributed by atoms with Crippen LogP contribution in [0.25, 0.3) is 0 Å². The van der Waals surface area contributed by atoms with Crippen molar-refractivity contribution in [1.82, 2.24) is 20.1 Å². The number of aromatic amines is 1. The number of carboxylic acid groups (broad SMARTS) is 1. The first-order valence-electron chi connectivity index (χ1n) is 6.57. The molecule has 1 aromatic carbocycles. The summed E-state index contributed by atoms with van der Waals surface area (Å²) >= 11 is 0. The van der Waals surface area contributed by atoms with Gasteiger partial charge in [0, 0.05) is 13.1 Å². The van der Waals surface area contributed by atoms with Gasteiger partial charge in [-0.2, -0.15) is 5.10 Å². The van der Waals surface area contributed by atoms with Gasteiger partial charge in [0.25, 0.3) is 5.91 Å². The van der Waals surface area contributed by atoms with Crippen molar-refractivity contribution in [3.8, 4) is 0 Å². The molecule has 1 aliphatic heterocycles. The molecule has 1 aromatic heterocycles. The molecule has 3 rings (SSSR count). The quantitative estimate of drug-likeness (QED) is 0.864. The molecule has 0 bridgehead atoms. The molecule has 1 saturated heterocycles. The van der Waals surface area contributed by atoms with Gasteiger partial charge in [-0.1, -0.05) is 30.3 Å². The number of carbonyl (C=O) groups is 2. The molecule has 0 saturated carbocycles. The van der Waals surface area contributed by atoms with Crippen LogP contribution in [-0.4, -0.2) is 50.2 Å². The summed E-state index contributed by atoms with van der Waals surface area (Å²) in [5, 5.41) is 15.8. The second kappa shape index (κ2) is 5.01. The van der Waals surface area contributed by atoms with Crippen molar-refractivity contribution in [2.45, 2.75) is 11.8 Å². The van der Waals surface area contributed by atoms with E-state index < -0.39 is 11.4 Å². The highest BCUT2D eigenvalue weighted by atomic mass is 16.4. The zero-order chi connectivity index (χ0) is 14.9. The first-order chi connectivity index (χ1) is 10.1. The minimum absolute atomic E-state index is 0.129. The lowest BCUT2D eigenvalue weighted by Gasteiger charge is -2.25. The minimum Gasteiger partial charge on any atom is -0.481 e. The fraction of sp³-hybridized carbons (Fsp3) is 0.286. The van der Waals surface area contributed by atoms with Crippen LogP contribution < -0.4 is 0 Å². The van der Waals surface area contributed by atoms with Gasteiger partial charge in [-0.05, 0) is 12.0 Å². The van der Waals surface area contributed by atoms with Gasteiger partial charge in [-0.15, -0.1) is 0 Å². The van der Waals surface area contributed by atoms with Crippen molar-refractivity contribution in [2.75, 3.05) is 13.1 Å². The number of nitrogens with one attached hydrogen (secondary N) is 1. The normalized spacial score (nSPS) is 21.4. The Morgan fingerprint density at radius 2 is 2.05 bits per heavy atom. The molecule has 21 heavy (non-hydrogen) atoms. The van der Waals surface area contributed by atoms with Crippen LogP contribution in [0.3, 0.4) is 0 Å². The lowest BCUT2D eigenvalue weighted by molar-refractivity contribution is -0.143. The average Bonchev–Trinajstić information content (AvgIpc) is 3.18. The van der Waals surface area contributed by atoms with E-state index in [0.717, 1.165) is 0 Å². The number of carboxylic acids is 1. The molecular formula is C14H14N4O3. The Morgan fingerprint density at radius 3 is 2.67 bits per heavy atom.